The van der Waals surface area contributed by atoms with Crippen LogP contribution in [0.15, 0.2) is 58.5 Å². The molecule has 0 saturated carbocycles. The highest BCUT2D eigenvalue weighted by Crippen LogP contribution is 2.14. The van der Waals surface area contributed by atoms with Crippen LogP contribution >= 0.6 is 0 Å². The van der Waals surface area contributed by atoms with Crippen molar-refractivity contribution >= 4 is 35.7 Å². The van der Waals surface area contributed by atoms with Gasteiger partial charge < -0.3 is 9.80 Å². The lowest BCUT2D eigenvalue weighted by atomic mass is 10.2. The smallest absolute Gasteiger partial charge is 0.269 e. The topological polar surface area (TPSA) is 72.8 Å². The number of hydrogen-bond donors (Lipinski definition) is 1. The van der Waals surface area contributed by atoms with E-state index in [1.54, 1.807) is 12.4 Å². The van der Waals surface area contributed by atoms with Gasteiger partial charge in [0, 0.05) is 52.0 Å². The largest absolute Gasteiger partial charge is 0.378 e. The van der Waals surface area contributed by atoms with Gasteiger partial charge in [0.05, 0.1) is 0 Å². The molecule has 0 aliphatic carbocycles. The third kappa shape index (κ3) is 5.01. The van der Waals surface area contributed by atoms with Crippen LogP contribution in [0.4, 0.5) is 23.3 Å². The van der Waals surface area contributed by atoms with Crippen molar-refractivity contribution in [2.45, 2.75) is 0 Å². The highest BCUT2D eigenvalue weighted by atomic mass is 15.3. The average Bonchev–Trinajstić information content (AvgIpc) is 3.13. The number of benzene rings is 2. The molecule has 3 rings (SSSR count). The molecule has 0 aliphatic heterocycles. The molecule has 7 heteroatoms. The summed E-state index contributed by atoms with van der Waals surface area (Å²) >= 11 is 0. The molecular weight excluding hydrogens is 338 g/mol. The molecule has 27 heavy (non-hydrogen) atoms. The maximum Gasteiger partial charge on any atom is 0.269 e. The minimum Gasteiger partial charge on any atom is -0.378 e. The number of nitrogens with zero attached hydrogens (tertiary/aromatic N) is 6. The maximum atomic E-state index is 4.31. The van der Waals surface area contributed by atoms with E-state index >= 15 is 0 Å². The third-order valence-corrected chi connectivity index (χ3v) is 3.95. The summed E-state index contributed by atoms with van der Waals surface area (Å²) in [5.41, 5.74) is 4.25. The molecule has 1 heterocycles. The summed E-state index contributed by atoms with van der Waals surface area (Å²) in [7, 11) is 8.04. The lowest BCUT2D eigenvalue weighted by molar-refractivity contribution is 1.08. The van der Waals surface area contributed by atoms with Gasteiger partial charge in [-0.1, -0.05) is 24.3 Å². The minimum atomic E-state index is 0.349. The molecular formula is C20H23N7. The van der Waals surface area contributed by atoms with E-state index < -0.39 is 0 Å². The highest BCUT2D eigenvalue weighted by molar-refractivity contribution is 5.83. The Labute approximate surface area is 159 Å². The second-order valence-corrected chi connectivity index (χ2v) is 6.45. The molecule has 0 atom stereocenters. The zero-order valence-corrected chi connectivity index (χ0v) is 16.0. The van der Waals surface area contributed by atoms with Gasteiger partial charge in [0.2, 0.25) is 5.95 Å². The van der Waals surface area contributed by atoms with E-state index in [4.69, 9.17) is 0 Å². The predicted molar refractivity (Wildman–Crippen MR) is 112 cm³/mol. The Morgan fingerprint density at radius 2 is 1.22 bits per heavy atom. The fourth-order valence-electron chi connectivity index (χ4n) is 2.35. The van der Waals surface area contributed by atoms with Gasteiger partial charge in [-0.25, -0.2) is 15.1 Å². The van der Waals surface area contributed by atoms with Crippen molar-refractivity contribution in [2.75, 3.05) is 38.0 Å². The van der Waals surface area contributed by atoms with Crippen LogP contribution < -0.4 is 9.80 Å². The van der Waals surface area contributed by atoms with E-state index in [1.807, 2.05) is 76.7 Å². The molecule has 0 fully saturated rings. The first-order valence-electron chi connectivity index (χ1n) is 8.56. The zero-order chi connectivity index (χ0) is 19.2. The molecule has 2 aromatic carbocycles. The predicted octanol–water partition coefficient (Wildman–Crippen LogP) is 3.44. The van der Waals surface area contributed by atoms with Crippen LogP contribution in [0, 0.1) is 0 Å². The van der Waals surface area contributed by atoms with E-state index in [2.05, 4.69) is 35.0 Å². The van der Waals surface area contributed by atoms with Crippen LogP contribution in [0.5, 0.6) is 0 Å². The van der Waals surface area contributed by atoms with Crippen molar-refractivity contribution in [1.29, 1.82) is 0 Å². The van der Waals surface area contributed by atoms with Crippen molar-refractivity contribution < 1.29 is 0 Å². The monoisotopic (exact) mass is 361 g/mol. The zero-order valence-electron chi connectivity index (χ0n) is 16.0. The number of aromatic amines is 1. The number of aliphatic imine (C=N–C) groups is 2. The Hall–Kier alpha value is -3.48. The van der Waals surface area contributed by atoms with Crippen LogP contribution in [0.1, 0.15) is 11.1 Å². The van der Waals surface area contributed by atoms with Gasteiger partial charge in [-0.3, -0.25) is 0 Å². The van der Waals surface area contributed by atoms with Gasteiger partial charge in [-0.05, 0) is 35.4 Å². The quantitative estimate of drug-likeness (QED) is 0.683. The standard InChI is InChI=1S/C20H23N7/c1-26(2)17-9-5-15(6-10-17)13-21-19-23-20(25-24-19)22-14-16-7-11-18(12-8-16)27(3)4/h5-14H,1-4H3,(H,23,24,25)/b21-13-,22-14+. The van der Waals surface area contributed by atoms with Crippen molar-refractivity contribution in [1.82, 2.24) is 15.2 Å². The van der Waals surface area contributed by atoms with Crippen LogP contribution in [-0.2, 0) is 0 Å². The molecule has 0 spiro atoms. The summed E-state index contributed by atoms with van der Waals surface area (Å²) in [6.45, 7) is 0. The minimum absolute atomic E-state index is 0.349. The van der Waals surface area contributed by atoms with Crippen molar-refractivity contribution in [3.8, 4) is 0 Å². The van der Waals surface area contributed by atoms with Crippen LogP contribution in [0.25, 0.3) is 0 Å². The fourth-order valence-corrected chi connectivity index (χ4v) is 2.35. The van der Waals surface area contributed by atoms with Gasteiger partial charge in [-0.15, -0.1) is 5.10 Å². The number of anilines is 2. The Morgan fingerprint density at radius 3 is 1.70 bits per heavy atom. The van der Waals surface area contributed by atoms with Crippen molar-refractivity contribution in [3.63, 3.8) is 0 Å². The van der Waals surface area contributed by atoms with E-state index in [-0.39, 0.29) is 0 Å². The number of rotatable bonds is 6. The molecule has 0 bridgehead atoms. The molecule has 0 aliphatic rings. The van der Waals surface area contributed by atoms with Gasteiger partial charge in [0.1, 0.15) is 0 Å². The van der Waals surface area contributed by atoms with Gasteiger partial charge in [-0.2, -0.15) is 4.98 Å². The summed E-state index contributed by atoms with van der Waals surface area (Å²) < 4.78 is 0. The molecule has 7 nitrogen and oxygen atoms in total. The second-order valence-electron chi connectivity index (χ2n) is 6.45. The summed E-state index contributed by atoms with van der Waals surface area (Å²) in [6, 6.07) is 16.2. The Kier molecular flexibility index (Phi) is 5.61. The molecule has 0 saturated heterocycles. The van der Waals surface area contributed by atoms with Crippen molar-refractivity contribution in [2.24, 2.45) is 9.98 Å². The molecule has 0 radical (unpaired) electrons. The van der Waals surface area contributed by atoms with Crippen LogP contribution in [0.3, 0.4) is 0 Å². The molecule has 1 N–H and O–H groups in total. The number of H-pyrrole nitrogens is 1. The first kappa shape index (κ1) is 18.3. The third-order valence-electron chi connectivity index (χ3n) is 3.95. The Bertz CT molecular complexity index is 844. The first-order chi connectivity index (χ1) is 13.0. The van der Waals surface area contributed by atoms with E-state index in [0.717, 1.165) is 22.5 Å². The van der Waals surface area contributed by atoms with E-state index in [9.17, 15) is 0 Å². The van der Waals surface area contributed by atoms with Gasteiger partial charge >= 0.3 is 0 Å². The van der Waals surface area contributed by atoms with Gasteiger partial charge in [0.25, 0.3) is 5.95 Å². The average molecular weight is 361 g/mol. The SMILES string of the molecule is CN(C)c1ccc(/C=N\c2n[nH]c(/N=C/c3ccc(N(C)C)cc3)n2)cc1. The number of aromatic nitrogens is 3. The summed E-state index contributed by atoms with van der Waals surface area (Å²) in [5, 5.41) is 6.84. The summed E-state index contributed by atoms with van der Waals surface area (Å²) in [4.78, 5) is 17.0. The van der Waals surface area contributed by atoms with E-state index in [0.29, 0.717) is 11.9 Å². The molecule has 3 aromatic rings. The highest BCUT2D eigenvalue weighted by Gasteiger charge is 2.00. The number of hydrogen-bond acceptors (Lipinski definition) is 6. The lowest BCUT2D eigenvalue weighted by Crippen LogP contribution is -2.08. The summed E-state index contributed by atoms with van der Waals surface area (Å²) in [6.07, 6.45) is 3.48. The van der Waals surface area contributed by atoms with Crippen LogP contribution in [-0.4, -0.2) is 55.8 Å². The molecule has 1 aromatic heterocycles. The van der Waals surface area contributed by atoms with Crippen LogP contribution in [0.2, 0.25) is 0 Å². The maximum absolute atomic E-state index is 4.31. The molecule has 0 unspecified atom stereocenters. The second kappa shape index (κ2) is 8.27. The van der Waals surface area contributed by atoms with Gasteiger partial charge in [0.15, 0.2) is 0 Å². The number of nitrogens with one attached hydrogen (secondary N) is 1. The Morgan fingerprint density at radius 1 is 0.741 bits per heavy atom. The lowest BCUT2D eigenvalue weighted by Gasteiger charge is -2.11. The van der Waals surface area contributed by atoms with Crippen molar-refractivity contribution in [3.05, 3.63) is 59.7 Å². The fraction of sp³-hybridized carbons (Fsp3) is 0.200. The first-order valence-corrected chi connectivity index (χ1v) is 8.56. The molecule has 138 valence electrons. The Balaban J connectivity index is 1.63. The molecule has 0 amide bonds. The summed E-state index contributed by atoms with van der Waals surface area (Å²) in [5.74, 6) is 0.767. The normalized spacial score (nSPS) is 11.4. The van der Waals surface area contributed by atoms with E-state index in [1.165, 1.54) is 0 Å².